The smallest absolute Gasteiger partial charge is 0.250 e. The second kappa shape index (κ2) is 8.29. The lowest BCUT2D eigenvalue weighted by Crippen LogP contribution is -2.07. The second-order valence-electron chi connectivity index (χ2n) is 4.59. The molecule has 6 heteroatoms. The number of rotatable bonds is 7. The molecule has 0 unspecified atom stereocenters. The molecule has 1 N–H and O–H groups in total. The van der Waals surface area contributed by atoms with E-state index in [2.05, 4.69) is 22.4 Å². The highest BCUT2D eigenvalue weighted by molar-refractivity contribution is 7.15. The van der Waals surface area contributed by atoms with Gasteiger partial charge in [-0.25, -0.2) is 0 Å². The molecule has 0 aliphatic heterocycles. The third-order valence-corrected chi connectivity index (χ3v) is 3.76. The van der Waals surface area contributed by atoms with E-state index in [4.69, 9.17) is 4.74 Å². The number of amides is 1. The molecular formula is C16H19N3O2S. The first-order chi connectivity index (χ1) is 10.7. The van der Waals surface area contributed by atoms with Crippen molar-refractivity contribution < 1.29 is 9.53 Å². The summed E-state index contributed by atoms with van der Waals surface area (Å²) in [7, 11) is 0. The molecule has 0 atom stereocenters. The zero-order valence-corrected chi connectivity index (χ0v) is 13.5. The molecule has 1 aromatic heterocycles. The van der Waals surface area contributed by atoms with Gasteiger partial charge in [-0.2, -0.15) is 0 Å². The minimum Gasteiger partial charge on any atom is -0.494 e. The molecule has 0 saturated carbocycles. The average molecular weight is 317 g/mol. The van der Waals surface area contributed by atoms with Gasteiger partial charge in [0.2, 0.25) is 11.0 Å². The van der Waals surface area contributed by atoms with Crippen LogP contribution in [0.25, 0.3) is 6.08 Å². The van der Waals surface area contributed by atoms with Crippen molar-refractivity contribution in [2.75, 3.05) is 11.9 Å². The minimum atomic E-state index is -0.217. The summed E-state index contributed by atoms with van der Waals surface area (Å²) in [5.41, 5.74) is 0.936. The summed E-state index contributed by atoms with van der Waals surface area (Å²) in [6.45, 7) is 4.77. The molecule has 0 fully saturated rings. The quantitative estimate of drug-likeness (QED) is 0.793. The topological polar surface area (TPSA) is 64.1 Å². The molecule has 0 bridgehead atoms. The maximum atomic E-state index is 11.8. The van der Waals surface area contributed by atoms with Gasteiger partial charge in [0.15, 0.2) is 0 Å². The molecule has 2 rings (SSSR count). The third kappa shape index (κ3) is 4.96. The van der Waals surface area contributed by atoms with Crippen molar-refractivity contribution in [3.8, 4) is 5.75 Å². The maximum absolute atomic E-state index is 11.8. The highest BCUT2D eigenvalue weighted by Gasteiger charge is 2.04. The highest BCUT2D eigenvalue weighted by atomic mass is 32.1. The fraction of sp³-hybridized carbons (Fsp3) is 0.312. The van der Waals surface area contributed by atoms with E-state index >= 15 is 0 Å². The molecule has 1 heterocycles. The third-order valence-electron chi connectivity index (χ3n) is 2.78. The minimum absolute atomic E-state index is 0.217. The molecule has 0 spiro atoms. The van der Waals surface area contributed by atoms with Crippen LogP contribution in [0.1, 0.15) is 30.8 Å². The summed E-state index contributed by atoms with van der Waals surface area (Å²) < 4.78 is 5.51. The molecule has 5 nitrogen and oxygen atoms in total. The molecule has 0 aliphatic rings. The van der Waals surface area contributed by atoms with Crippen LogP contribution in [-0.4, -0.2) is 22.7 Å². The van der Waals surface area contributed by atoms with E-state index in [1.807, 2.05) is 31.2 Å². The van der Waals surface area contributed by atoms with Crippen LogP contribution in [0.3, 0.4) is 0 Å². The fourth-order valence-electron chi connectivity index (χ4n) is 1.66. The molecule has 1 amide bonds. The van der Waals surface area contributed by atoms with Gasteiger partial charge in [-0.3, -0.25) is 10.1 Å². The summed E-state index contributed by atoms with van der Waals surface area (Å²) in [5, 5.41) is 12.0. The van der Waals surface area contributed by atoms with Crippen molar-refractivity contribution in [3.63, 3.8) is 0 Å². The molecule has 0 radical (unpaired) electrons. The Balaban J connectivity index is 1.88. The van der Waals surface area contributed by atoms with Gasteiger partial charge in [0.05, 0.1) is 6.61 Å². The number of hydrogen-bond acceptors (Lipinski definition) is 5. The van der Waals surface area contributed by atoms with E-state index in [1.54, 1.807) is 6.08 Å². The Labute approximate surface area is 134 Å². The van der Waals surface area contributed by atoms with Crippen LogP contribution in [0.2, 0.25) is 0 Å². The summed E-state index contributed by atoms with van der Waals surface area (Å²) in [5.74, 6) is 0.620. The Hall–Kier alpha value is -2.21. The standard InChI is InChI=1S/C16H19N3O2S/c1-3-11-21-13-8-5-12(6-9-13)7-10-14(20)17-16-19-18-15(4-2)22-16/h5-10H,3-4,11H2,1-2H3,(H,17,19,20). The van der Waals surface area contributed by atoms with Gasteiger partial charge in [0, 0.05) is 6.08 Å². The number of nitrogens with zero attached hydrogens (tertiary/aromatic N) is 2. The van der Waals surface area contributed by atoms with Crippen LogP contribution in [0, 0.1) is 0 Å². The number of hydrogen-bond donors (Lipinski definition) is 1. The summed E-state index contributed by atoms with van der Waals surface area (Å²) in [6.07, 6.45) is 5.03. The van der Waals surface area contributed by atoms with Crippen molar-refractivity contribution in [2.45, 2.75) is 26.7 Å². The first-order valence-corrected chi connectivity index (χ1v) is 8.07. The summed E-state index contributed by atoms with van der Waals surface area (Å²) in [4.78, 5) is 11.8. The fourth-order valence-corrected chi connectivity index (χ4v) is 2.34. The van der Waals surface area contributed by atoms with Crippen LogP contribution in [0.15, 0.2) is 30.3 Å². The monoisotopic (exact) mass is 317 g/mol. The Morgan fingerprint density at radius 3 is 2.68 bits per heavy atom. The van der Waals surface area contributed by atoms with Crippen molar-refractivity contribution in [1.82, 2.24) is 10.2 Å². The molecular weight excluding hydrogens is 298 g/mol. The lowest BCUT2D eigenvalue weighted by Gasteiger charge is -2.03. The summed E-state index contributed by atoms with van der Waals surface area (Å²) >= 11 is 1.39. The number of nitrogens with one attached hydrogen (secondary N) is 1. The van der Waals surface area contributed by atoms with E-state index in [9.17, 15) is 4.79 Å². The van der Waals surface area contributed by atoms with Crippen molar-refractivity contribution >= 4 is 28.5 Å². The van der Waals surface area contributed by atoms with Crippen LogP contribution in [0.4, 0.5) is 5.13 Å². The van der Waals surface area contributed by atoms with Gasteiger partial charge in [0.25, 0.3) is 0 Å². The normalized spacial score (nSPS) is 10.8. The van der Waals surface area contributed by atoms with E-state index in [0.29, 0.717) is 11.7 Å². The summed E-state index contributed by atoms with van der Waals surface area (Å²) in [6, 6.07) is 7.61. The van der Waals surface area contributed by atoms with E-state index in [0.717, 1.165) is 29.2 Å². The molecule has 0 saturated heterocycles. The average Bonchev–Trinajstić information content (AvgIpc) is 2.99. The second-order valence-corrected chi connectivity index (χ2v) is 5.66. The van der Waals surface area contributed by atoms with E-state index < -0.39 is 0 Å². The molecule has 22 heavy (non-hydrogen) atoms. The number of aryl methyl sites for hydroxylation is 1. The van der Waals surface area contributed by atoms with Gasteiger partial charge in [-0.15, -0.1) is 10.2 Å². The number of aromatic nitrogens is 2. The first-order valence-electron chi connectivity index (χ1n) is 7.25. The number of ether oxygens (including phenoxy) is 1. The predicted molar refractivity (Wildman–Crippen MR) is 89.2 cm³/mol. The van der Waals surface area contributed by atoms with Crippen molar-refractivity contribution in [2.24, 2.45) is 0 Å². The largest absolute Gasteiger partial charge is 0.494 e. The number of anilines is 1. The number of carbonyl (C=O) groups is 1. The van der Waals surface area contributed by atoms with Gasteiger partial charge in [-0.05, 0) is 36.6 Å². The SMILES string of the molecule is CCCOc1ccc(C=CC(=O)Nc2nnc(CC)s2)cc1. The van der Waals surface area contributed by atoms with Crippen molar-refractivity contribution in [1.29, 1.82) is 0 Å². The van der Waals surface area contributed by atoms with Gasteiger partial charge in [-0.1, -0.05) is 37.3 Å². The van der Waals surface area contributed by atoms with E-state index in [-0.39, 0.29) is 5.91 Å². The van der Waals surface area contributed by atoms with Crippen LogP contribution in [0.5, 0.6) is 5.75 Å². The Bertz CT molecular complexity index is 635. The highest BCUT2D eigenvalue weighted by Crippen LogP contribution is 2.16. The van der Waals surface area contributed by atoms with Crippen LogP contribution in [-0.2, 0) is 11.2 Å². The Kier molecular flexibility index (Phi) is 6.09. The Morgan fingerprint density at radius 1 is 1.27 bits per heavy atom. The molecule has 0 aliphatic carbocycles. The lowest BCUT2D eigenvalue weighted by molar-refractivity contribution is -0.111. The predicted octanol–water partition coefficient (Wildman–Crippen LogP) is 3.54. The van der Waals surface area contributed by atoms with E-state index in [1.165, 1.54) is 17.4 Å². The number of carbonyl (C=O) groups excluding carboxylic acids is 1. The van der Waals surface area contributed by atoms with Crippen LogP contribution < -0.4 is 10.1 Å². The molecule has 116 valence electrons. The van der Waals surface area contributed by atoms with Gasteiger partial charge >= 0.3 is 0 Å². The zero-order chi connectivity index (χ0) is 15.8. The molecule has 2 aromatic rings. The first kappa shape index (κ1) is 16.2. The van der Waals surface area contributed by atoms with Gasteiger partial charge in [0.1, 0.15) is 10.8 Å². The van der Waals surface area contributed by atoms with Crippen LogP contribution >= 0.6 is 11.3 Å². The number of benzene rings is 1. The van der Waals surface area contributed by atoms with Gasteiger partial charge < -0.3 is 4.74 Å². The maximum Gasteiger partial charge on any atom is 0.250 e. The molecule has 1 aromatic carbocycles. The van der Waals surface area contributed by atoms with Crippen molar-refractivity contribution in [3.05, 3.63) is 40.9 Å². The lowest BCUT2D eigenvalue weighted by atomic mass is 10.2. The Morgan fingerprint density at radius 2 is 2.05 bits per heavy atom. The zero-order valence-electron chi connectivity index (χ0n) is 12.7.